The van der Waals surface area contributed by atoms with Gasteiger partial charge in [0.25, 0.3) is 0 Å². The summed E-state index contributed by atoms with van der Waals surface area (Å²) < 4.78 is 5.35. The van der Waals surface area contributed by atoms with Crippen molar-refractivity contribution in [3.05, 3.63) is 29.8 Å². The highest BCUT2D eigenvalue weighted by molar-refractivity contribution is 5.77. The van der Waals surface area contributed by atoms with E-state index >= 15 is 0 Å². The molecule has 0 radical (unpaired) electrons. The summed E-state index contributed by atoms with van der Waals surface area (Å²) in [6.45, 7) is 4.62. The second-order valence-electron chi connectivity index (χ2n) is 4.49. The van der Waals surface area contributed by atoms with E-state index in [9.17, 15) is 4.79 Å². The number of nitrogen functional groups attached to an aromatic ring is 1. The fraction of sp³-hybridized carbons (Fsp3) is 0.500. The molecule has 0 saturated carbocycles. The average molecular weight is 250 g/mol. The molecule has 1 atom stereocenters. The number of nitrogens with one attached hydrogen (secondary N) is 1. The van der Waals surface area contributed by atoms with Crippen LogP contribution in [0.4, 0.5) is 5.69 Å². The molecular weight excluding hydrogens is 228 g/mol. The monoisotopic (exact) mass is 250 g/mol. The molecule has 4 nitrogen and oxygen atoms in total. The minimum absolute atomic E-state index is 0.0635. The van der Waals surface area contributed by atoms with E-state index in [2.05, 4.69) is 12.2 Å². The molecule has 0 spiro atoms. The average Bonchev–Trinajstić information content (AvgIpc) is 2.32. The molecule has 100 valence electrons. The van der Waals surface area contributed by atoms with Crippen LogP contribution in [0.5, 0.6) is 0 Å². The van der Waals surface area contributed by atoms with Gasteiger partial charge in [-0.1, -0.05) is 25.5 Å². The Bertz CT molecular complexity index is 363. The normalized spacial score (nSPS) is 12.1. The Hall–Kier alpha value is -1.55. The lowest BCUT2D eigenvalue weighted by atomic mass is 10.2. The van der Waals surface area contributed by atoms with Crippen LogP contribution in [-0.4, -0.2) is 18.6 Å². The maximum atomic E-state index is 11.5. The second-order valence-corrected chi connectivity index (χ2v) is 4.49. The molecule has 0 aromatic heterocycles. The summed E-state index contributed by atoms with van der Waals surface area (Å²) in [4.78, 5) is 11.5. The first-order valence-corrected chi connectivity index (χ1v) is 6.33. The Morgan fingerprint density at radius 2 is 2.06 bits per heavy atom. The van der Waals surface area contributed by atoms with Crippen LogP contribution in [-0.2, 0) is 16.1 Å². The number of carbonyl (C=O) groups excluding carboxylic acids is 1. The van der Waals surface area contributed by atoms with Gasteiger partial charge >= 0.3 is 0 Å². The third-order valence-electron chi connectivity index (χ3n) is 2.61. The molecule has 1 aromatic rings. The molecule has 0 aliphatic rings. The number of hydrogen-bond acceptors (Lipinski definition) is 3. The van der Waals surface area contributed by atoms with Gasteiger partial charge in [-0.2, -0.15) is 0 Å². The predicted molar refractivity (Wildman–Crippen MR) is 73.0 cm³/mol. The van der Waals surface area contributed by atoms with Crippen LogP contribution in [0.1, 0.15) is 32.3 Å². The number of benzene rings is 1. The van der Waals surface area contributed by atoms with E-state index in [0.29, 0.717) is 6.61 Å². The van der Waals surface area contributed by atoms with E-state index in [1.807, 2.05) is 31.2 Å². The number of anilines is 1. The third kappa shape index (κ3) is 5.68. The van der Waals surface area contributed by atoms with E-state index in [-0.39, 0.29) is 18.6 Å². The van der Waals surface area contributed by atoms with Crippen LogP contribution in [0.15, 0.2) is 24.3 Å². The zero-order chi connectivity index (χ0) is 13.4. The first-order valence-electron chi connectivity index (χ1n) is 6.33. The molecule has 1 rings (SSSR count). The molecule has 3 N–H and O–H groups in total. The van der Waals surface area contributed by atoms with E-state index in [0.717, 1.165) is 24.1 Å². The fourth-order valence-electron chi connectivity index (χ4n) is 1.70. The van der Waals surface area contributed by atoms with Crippen molar-refractivity contribution in [3.63, 3.8) is 0 Å². The summed E-state index contributed by atoms with van der Waals surface area (Å²) in [7, 11) is 0. The topological polar surface area (TPSA) is 64.3 Å². The molecule has 0 saturated heterocycles. The second kappa shape index (κ2) is 7.71. The number of amides is 1. The number of rotatable bonds is 7. The summed E-state index contributed by atoms with van der Waals surface area (Å²) in [6.07, 6.45) is 2.05. The van der Waals surface area contributed by atoms with Crippen molar-refractivity contribution in [1.82, 2.24) is 5.32 Å². The standard InChI is InChI=1S/C14H22N2O2/c1-3-4-11(2)16-14(17)10-18-9-12-5-7-13(15)8-6-12/h5-8,11H,3-4,9-10,15H2,1-2H3,(H,16,17). The number of nitrogens with two attached hydrogens (primary N) is 1. The Labute approximate surface area is 109 Å². The van der Waals surface area contributed by atoms with Crippen molar-refractivity contribution < 1.29 is 9.53 Å². The fourth-order valence-corrected chi connectivity index (χ4v) is 1.70. The van der Waals surface area contributed by atoms with E-state index in [4.69, 9.17) is 10.5 Å². The maximum absolute atomic E-state index is 11.5. The smallest absolute Gasteiger partial charge is 0.246 e. The van der Waals surface area contributed by atoms with Gasteiger partial charge in [0, 0.05) is 11.7 Å². The van der Waals surface area contributed by atoms with Crippen LogP contribution in [0, 0.1) is 0 Å². The molecule has 1 unspecified atom stereocenters. The lowest BCUT2D eigenvalue weighted by molar-refractivity contribution is -0.126. The minimum atomic E-state index is -0.0635. The zero-order valence-electron chi connectivity index (χ0n) is 11.1. The van der Waals surface area contributed by atoms with Crippen molar-refractivity contribution in [2.45, 2.75) is 39.3 Å². The van der Waals surface area contributed by atoms with E-state index in [1.165, 1.54) is 0 Å². The highest BCUT2D eigenvalue weighted by Crippen LogP contribution is 2.06. The molecular formula is C14H22N2O2. The first kappa shape index (κ1) is 14.5. The summed E-state index contributed by atoms with van der Waals surface area (Å²) in [5, 5.41) is 2.89. The number of hydrogen-bond donors (Lipinski definition) is 2. The largest absolute Gasteiger partial charge is 0.399 e. The molecule has 0 fully saturated rings. The van der Waals surface area contributed by atoms with Crippen LogP contribution in [0.25, 0.3) is 0 Å². The molecule has 0 aliphatic carbocycles. The maximum Gasteiger partial charge on any atom is 0.246 e. The van der Waals surface area contributed by atoms with Gasteiger partial charge in [0.1, 0.15) is 6.61 Å². The number of carbonyl (C=O) groups is 1. The summed E-state index contributed by atoms with van der Waals surface area (Å²) in [5.74, 6) is -0.0635. The molecule has 4 heteroatoms. The van der Waals surface area contributed by atoms with Crippen molar-refractivity contribution >= 4 is 11.6 Å². The van der Waals surface area contributed by atoms with Gasteiger partial charge in [0.05, 0.1) is 6.61 Å². The van der Waals surface area contributed by atoms with E-state index in [1.54, 1.807) is 0 Å². The summed E-state index contributed by atoms with van der Waals surface area (Å²) in [6, 6.07) is 7.65. The molecule has 1 aromatic carbocycles. The Kier molecular flexibility index (Phi) is 6.22. The molecule has 0 bridgehead atoms. The van der Waals surface area contributed by atoms with Crippen molar-refractivity contribution in [1.29, 1.82) is 0 Å². The van der Waals surface area contributed by atoms with Gasteiger partial charge in [-0.3, -0.25) is 4.79 Å². The van der Waals surface area contributed by atoms with Gasteiger partial charge in [0.15, 0.2) is 0 Å². The Balaban J connectivity index is 2.21. The molecule has 0 aliphatic heterocycles. The first-order chi connectivity index (χ1) is 8.61. The Morgan fingerprint density at radius 3 is 2.67 bits per heavy atom. The molecule has 18 heavy (non-hydrogen) atoms. The lowest BCUT2D eigenvalue weighted by Crippen LogP contribution is -2.35. The number of ether oxygens (including phenoxy) is 1. The van der Waals surface area contributed by atoms with Crippen molar-refractivity contribution in [3.8, 4) is 0 Å². The van der Waals surface area contributed by atoms with Crippen LogP contribution in [0.3, 0.4) is 0 Å². The van der Waals surface area contributed by atoms with Gasteiger partial charge in [-0.25, -0.2) is 0 Å². The van der Waals surface area contributed by atoms with E-state index < -0.39 is 0 Å². The molecule has 1 amide bonds. The molecule has 0 heterocycles. The zero-order valence-corrected chi connectivity index (χ0v) is 11.1. The Morgan fingerprint density at radius 1 is 1.39 bits per heavy atom. The van der Waals surface area contributed by atoms with Crippen molar-refractivity contribution in [2.24, 2.45) is 0 Å². The highest BCUT2D eigenvalue weighted by atomic mass is 16.5. The van der Waals surface area contributed by atoms with Crippen LogP contribution in [0.2, 0.25) is 0 Å². The van der Waals surface area contributed by atoms with Crippen molar-refractivity contribution in [2.75, 3.05) is 12.3 Å². The quantitative estimate of drug-likeness (QED) is 0.728. The SMILES string of the molecule is CCCC(C)NC(=O)COCc1ccc(N)cc1. The van der Waals surface area contributed by atoms with Crippen LogP contribution < -0.4 is 11.1 Å². The highest BCUT2D eigenvalue weighted by Gasteiger charge is 2.06. The summed E-state index contributed by atoms with van der Waals surface area (Å²) in [5.41, 5.74) is 7.32. The summed E-state index contributed by atoms with van der Waals surface area (Å²) >= 11 is 0. The predicted octanol–water partition coefficient (Wildman–Crippen LogP) is 2.09. The van der Waals surface area contributed by atoms with Gasteiger partial charge in [-0.15, -0.1) is 0 Å². The third-order valence-corrected chi connectivity index (χ3v) is 2.61. The van der Waals surface area contributed by atoms with Gasteiger partial charge in [-0.05, 0) is 31.0 Å². The van der Waals surface area contributed by atoms with Gasteiger partial charge in [0.2, 0.25) is 5.91 Å². The van der Waals surface area contributed by atoms with Gasteiger partial charge < -0.3 is 15.8 Å². The van der Waals surface area contributed by atoms with Crippen LogP contribution >= 0.6 is 0 Å². The lowest BCUT2D eigenvalue weighted by Gasteiger charge is -2.12. The minimum Gasteiger partial charge on any atom is -0.399 e.